The molecule has 1 heterocycles. The maximum atomic E-state index is 12.2. The van der Waals surface area contributed by atoms with Crippen LogP contribution in [0.25, 0.3) is 0 Å². The van der Waals surface area contributed by atoms with E-state index >= 15 is 0 Å². The van der Waals surface area contributed by atoms with Crippen LogP contribution in [0.4, 0.5) is 5.95 Å². The van der Waals surface area contributed by atoms with Crippen LogP contribution in [-0.4, -0.2) is 49.0 Å². The smallest absolute Gasteiger partial charge is 0.254 e. The van der Waals surface area contributed by atoms with E-state index in [0.717, 1.165) is 0 Å². The van der Waals surface area contributed by atoms with Crippen molar-refractivity contribution in [3.8, 4) is 0 Å². The SMILES string of the molecule is Cc1nc(N(C)C)ncc1C(=O)NCCNC(=O)c1ccccc1Cl. The molecule has 8 heteroatoms. The van der Waals surface area contributed by atoms with Crippen molar-refractivity contribution in [1.29, 1.82) is 0 Å². The zero-order valence-electron chi connectivity index (χ0n) is 14.3. The van der Waals surface area contributed by atoms with Crippen molar-refractivity contribution in [2.24, 2.45) is 0 Å². The molecular formula is C17H20ClN5O2. The van der Waals surface area contributed by atoms with Crippen molar-refractivity contribution in [2.75, 3.05) is 32.1 Å². The van der Waals surface area contributed by atoms with E-state index < -0.39 is 0 Å². The van der Waals surface area contributed by atoms with Gasteiger partial charge in [0.15, 0.2) is 0 Å². The van der Waals surface area contributed by atoms with Crippen molar-refractivity contribution in [1.82, 2.24) is 20.6 Å². The fraction of sp³-hybridized carbons (Fsp3) is 0.294. The van der Waals surface area contributed by atoms with Gasteiger partial charge in [0.2, 0.25) is 5.95 Å². The normalized spacial score (nSPS) is 10.2. The summed E-state index contributed by atoms with van der Waals surface area (Å²) in [6.45, 7) is 2.32. The molecule has 0 radical (unpaired) electrons. The Kier molecular flexibility index (Phi) is 6.30. The lowest BCUT2D eigenvalue weighted by atomic mass is 10.2. The van der Waals surface area contributed by atoms with Crippen LogP contribution in [0.3, 0.4) is 0 Å². The summed E-state index contributed by atoms with van der Waals surface area (Å²) < 4.78 is 0. The first-order valence-electron chi connectivity index (χ1n) is 7.72. The van der Waals surface area contributed by atoms with Gasteiger partial charge in [0.05, 0.1) is 21.8 Å². The molecule has 0 fully saturated rings. The number of benzene rings is 1. The van der Waals surface area contributed by atoms with Crippen LogP contribution in [-0.2, 0) is 0 Å². The molecule has 0 spiro atoms. The van der Waals surface area contributed by atoms with Crippen LogP contribution in [0.15, 0.2) is 30.5 Å². The van der Waals surface area contributed by atoms with Gasteiger partial charge in [-0.05, 0) is 19.1 Å². The molecule has 0 aliphatic rings. The molecule has 1 aromatic carbocycles. The number of amides is 2. The fourth-order valence-electron chi connectivity index (χ4n) is 2.08. The van der Waals surface area contributed by atoms with E-state index in [4.69, 9.17) is 11.6 Å². The number of anilines is 1. The van der Waals surface area contributed by atoms with Crippen LogP contribution in [0.2, 0.25) is 5.02 Å². The average Bonchev–Trinajstić information content (AvgIpc) is 2.58. The fourth-order valence-corrected chi connectivity index (χ4v) is 2.30. The molecule has 0 atom stereocenters. The molecule has 132 valence electrons. The first kappa shape index (κ1) is 18.7. The van der Waals surface area contributed by atoms with Gasteiger partial charge in [-0.3, -0.25) is 9.59 Å². The molecule has 0 saturated carbocycles. The number of hydrogen-bond acceptors (Lipinski definition) is 5. The summed E-state index contributed by atoms with van der Waals surface area (Å²) >= 11 is 5.97. The lowest BCUT2D eigenvalue weighted by Gasteiger charge is -2.12. The summed E-state index contributed by atoms with van der Waals surface area (Å²) in [6.07, 6.45) is 1.50. The number of rotatable bonds is 6. The summed E-state index contributed by atoms with van der Waals surface area (Å²) in [7, 11) is 3.66. The van der Waals surface area contributed by atoms with Gasteiger partial charge < -0.3 is 15.5 Å². The number of aryl methyl sites for hydroxylation is 1. The van der Waals surface area contributed by atoms with Gasteiger partial charge in [-0.2, -0.15) is 0 Å². The summed E-state index contributed by atoms with van der Waals surface area (Å²) in [4.78, 5) is 34.3. The Balaban J connectivity index is 1.85. The first-order valence-corrected chi connectivity index (χ1v) is 8.10. The molecule has 0 unspecified atom stereocenters. The Bertz CT molecular complexity index is 779. The summed E-state index contributed by atoms with van der Waals surface area (Å²) in [5.41, 5.74) is 1.40. The van der Waals surface area contributed by atoms with E-state index in [-0.39, 0.29) is 24.9 Å². The predicted molar refractivity (Wildman–Crippen MR) is 97.2 cm³/mol. The van der Waals surface area contributed by atoms with E-state index in [0.29, 0.717) is 27.8 Å². The third-order valence-electron chi connectivity index (χ3n) is 3.43. The second-order valence-electron chi connectivity index (χ2n) is 5.56. The van der Waals surface area contributed by atoms with Gasteiger partial charge in [-0.1, -0.05) is 23.7 Å². The van der Waals surface area contributed by atoms with Crippen LogP contribution >= 0.6 is 11.6 Å². The highest BCUT2D eigenvalue weighted by Crippen LogP contribution is 2.14. The molecule has 7 nitrogen and oxygen atoms in total. The van der Waals surface area contributed by atoms with Crippen molar-refractivity contribution in [3.63, 3.8) is 0 Å². The van der Waals surface area contributed by atoms with E-state index in [9.17, 15) is 9.59 Å². The first-order chi connectivity index (χ1) is 11.9. The van der Waals surface area contributed by atoms with Gasteiger partial charge in [0.25, 0.3) is 11.8 Å². The molecule has 2 N–H and O–H groups in total. The second-order valence-corrected chi connectivity index (χ2v) is 5.96. The Labute approximate surface area is 151 Å². The lowest BCUT2D eigenvalue weighted by Crippen LogP contribution is -2.35. The zero-order chi connectivity index (χ0) is 18.4. The van der Waals surface area contributed by atoms with Gasteiger partial charge in [0, 0.05) is 33.4 Å². The largest absolute Gasteiger partial charge is 0.350 e. The lowest BCUT2D eigenvalue weighted by molar-refractivity contribution is 0.0927. The maximum absolute atomic E-state index is 12.2. The Morgan fingerprint density at radius 1 is 1.08 bits per heavy atom. The molecule has 0 saturated heterocycles. The van der Waals surface area contributed by atoms with Crippen molar-refractivity contribution in [3.05, 3.63) is 52.3 Å². The van der Waals surface area contributed by atoms with Gasteiger partial charge in [-0.15, -0.1) is 0 Å². The second kappa shape index (κ2) is 8.43. The predicted octanol–water partition coefficient (Wildman–Crippen LogP) is 1.66. The number of halogens is 1. The van der Waals surface area contributed by atoms with Crippen LogP contribution in [0.5, 0.6) is 0 Å². The van der Waals surface area contributed by atoms with E-state index in [2.05, 4.69) is 20.6 Å². The molecular weight excluding hydrogens is 342 g/mol. The van der Waals surface area contributed by atoms with Gasteiger partial charge in [-0.25, -0.2) is 9.97 Å². The molecule has 1 aromatic heterocycles. The topological polar surface area (TPSA) is 87.2 Å². The standard InChI is InChI=1S/C17H20ClN5O2/c1-11-13(10-21-17(22-11)23(2)3)16(25)20-9-8-19-15(24)12-6-4-5-7-14(12)18/h4-7,10H,8-9H2,1-3H3,(H,19,24)(H,20,25). The molecule has 0 aliphatic carbocycles. The Morgan fingerprint density at radius 2 is 1.68 bits per heavy atom. The minimum absolute atomic E-state index is 0.282. The summed E-state index contributed by atoms with van der Waals surface area (Å²) in [5, 5.41) is 5.83. The minimum Gasteiger partial charge on any atom is -0.350 e. The van der Waals surface area contributed by atoms with Gasteiger partial charge >= 0.3 is 0 Å². The van der Waals surface area contributed by atoms with E-state index in [1.165, 1.54) is 6.20 Å². The number of carbonyl (C=O) groups is 2. The highest BCUT2D eigenvalue weighted by atomic mass is 35.5. The molecule has 0 bridgehead atoms. The Hall–Kier alpha value is -2.67. The highest BCUT2D eigenvalue weighted by Gasteiger charge is 2.13. The van der Waals surface area contributed by atoms with E-state index in [1.807, 2.05) is 14.1 Å². The van der Waals surface area contributed by atoms with Crippen LogP contribution in [0, 0.1) is 6.92 Å². The number of aromatic nitrogens is 2. The van der Waals surface area contributed by atoms with E-state index in [1.54, 1.807) is 36.1 Å². The van der Waals surface area contributed by atoms with Gasteiger partial charge in [0.1, 0.15) is 0 Å². The van der Waals surface area contributed by atoms with Crippen LogP contribution < -0.4 is 15.5 Å². The Morgan fingerprint density at radius 3 is 2.24 bits per heavy atom. The summed E-state index contributed by atoms with van der Waals surface area (Å²) in [6, 6.07) is 6.79. The minimum atomic E-state index is -0.283. The molecule has 2 rings (SSSR count). The number of hydrogen-bond donors (Lipinski definition) is 2. The number of nitrogens with one attached hydrogen (secondary N) is 2. The number of carbonyl (C=O) groups excluding carboxylic acids is 2. The zero-order valence-corrected chi connectivity index (χ0v) is 15.1. The maximum Gasteiger partial charge on any atom is 0.254 e. The van der Waals surface area contributed by atoms with Crippen molar-refractivity contribution in [2.45, 2.75) is 6.92 Å². The quantitative estimate of drug-likeness (QED) is 0.764. The molecule has 2 aromatic rings. The molecule has 0 aliphatic heterocycles. The third kappa shape index (κ3) is 4.90. The summed E-state index contributed by atoms with van der Waals surface area (Å²) in [5.74, 6) is -0.0226. The van der Waals surface area contributed by atoms with Crippen molar-refractivity contribution >= 4 is 29.4 Å². The number of nitrogens with zero attached hydrogens (tertiary/aromatic N) is 3. The third-order valence-corrected chi connectivity index (χ3v) is 3.76. The molecule has 2 amide bonds. The monoisotopic (exact) mass is 361 g/mol. The highest BCUT2D eigenvalue weighted by molar-refractivity contribution is 6.33. The van der Waals surface area contributed by atoms with Crippen LogP contribution in [0.1, 0.15) is 26.4 Å². The molecule has 25 heavy (non-hydrogen) atoms. The average molecular weight is 362 g/mol. The van der Waals surface area contributed by atoms with Crippen molar-refractivity contribution < 1.29 is 9.59 Å².